The maximum absolute atomic E-state index is 12.2. The van der Waals surface area contributed by atoms with Crippen LogP contribution in [0.4, 0.5) is 31.1 Å². The molecule has 0 saturated carbocycles. The van der Waals surface area contributed by atoms with Gasteiger partial charge in [-0.3, -0.25) is 4.90 Å². The van der Waals surface area contributed by atoms with E-state index in [1.807, 2.05) is 35.2 Å². The van der Waals surface area contributed by atoms with Gasteiger partial charge in [0.2, 0.25) is 0 Å². The summed E-state index contributed by atoms with van der Waals surface area (Å²) in [5.41, 5.74) is 1.45. The van der Waals surface area contributed by atoms with Gasteiger partial charge in [-0.05, 0) is 36.9 Å². The normalized spacial score (nSPS) is 17.7. The van der Waals surface area contributed by atoms with Crippen LogP contribution in [0.25, 0.3) is 0 Å². The maximum atomic E-state index is 12.2. The molecule has 2 aliphatic rings. The third-order valence-corrected chi connectivity index (χ3v) is 5.74. The Labute approximate surface area is 215 Å². The summed E-state index contributed by atoms with van der Waals surface area (Å²) in [6.45, 7) is 9.57. The van der Waals surface area contributed by atoms with Gasteiger partial charge in [0.05, 0.1) is 0 Å². The van der Waals surface area contributed by atoms with Gasteiger partial charge in [0.25, 0.3) is 0 Å². The van der Waals surface area contributed by atoms with Crippen LogP contribution in [0.5, 0.6) is 0 Å². The lowest BCUT2D eigenvalue weighted by atomic mass is 9.80. The Kier molecular flexibility index (Phi) is 12.8. The Bertz CT molecular complexity index is 860. The summed E-state index contributed by atoms with van der Waals surface area (Å²) in [5.74, 6) is -5.51. The smallest absolute Gasteiger partial charge is 0.475 e. The zero-order valence-corrected chi connectivity index (χ0v) is 20.6. The van der Waals surface area contributed by atoms with Gasteiger partial charge in [-0.25, -0.2) is 14.4 Å². The topological polar surface area (TPSA) is 119 Å². The second-order valence-corrected chi connectivity index (χ2v) is 8.97. The van der Waals surface area contributed by atoms with Crippen molar-refractivity contribution in [1.29, 1.82) is 0 Å². The van der Waals surface area contributed by atoms with Crippen LogP contribution in [-0.4, -0.2) is 96.2 Å². The minimum absolute atomic E-state index is 0.188. The second kappa shape index (κ2) is 14.8. The summed E-state index contributed by atoms with van der Waals surface area (Å²) in [7, 11) is 0. The standard InChI is InChI=1S/C19H29N3O2.2C2HF3O2/c1-19(7-9-20-10-8-19)16-21-11-13-22(14-12-21)18(23)24-15-17-5-3-2-4-6-17;2*3-2(4,5)1(6)7/h2-6,20H,7-16H2,1H3;2*(H,6,7). The Balaban J connectivity index is 0.000000426. The number of aliphatic carboxylic acids is 2. The monoisotopic (exact) mass is 559 g/mol. The molecule has 0 atom stereocenters. The number of piperidine rings is 1. The lowest BCUT2D eigenvalue weighted by Gasteiger charge is -2.41. The molecule has 15 heteroatoms. The molecule has 3 N–H and O–H groups in total. The second-order valence-electron chi connectivity index (χ2n) is 8.97. The molecule has 3 rings (SSSR count). The van der Waals surface area contributed by atoms with Crippen LogP contribution >= 0.6 is 0 Å². The third-order valence-electron chi connectivity index (χ3n) is 5.74. The van der Waals surface area contributed by atoms with Gasteiger partial charge < -0.3 is 25.2 Å². The van der Waals surface area contributed by atoms with E-state index in [4.69, 9.17) is 24.5 Å². The molecule has 1 aromatic rings. The highest BCUT2D eigenvalue weighted by Crippen LogP contribution is 2.29. The van der Waals surface area contributed by atoms with Gasteiger partial charge in [-0.1, -0.05) is 37.3 Å². The number of ether oxygens (including phenoxy) is 1. The molecular weight excluding hydrogens is 528 g/mol. The van der Waals surface area contributed by atoms with Gasteiger partial charge in [0.1, 0.15) is 6.61 Å². The van der Waals surface area contributed by atoms with Crippen LogP contribution in [0.1, 0.15) is 25.3 Å². The molecule has 0 aromatic heterocycles. The first-order valence-corrected chi connectivity index (χ1v) is 11.5. The van der Waals surface area contributed by atoms with Gasteiger partial charge in [0.15, 0.2) is 0 Å². The number of alkyl halides is 6. The van der Waals surface area contributed by atoms with Crippen molar-refractivity contribution in [3.05, 3.63) is 35.9 Å². The van der Waals surface area contributed by atoms with Crippen molar-refractivity contribution >= 4 is 18.0 Å². The van der Waals surface area contributed by atoms with E-state index in [1.165, 1.54) is 12.8 Å². The number of carboxylic acids is 2. The summed E-state index contributed by atoms with van der Waals surface area (Å²) in [6.07, 6.45) is -7.87. The number of piperazine rings is 1. The summed E-state index contributed by atoms with van der Waals surface area (Å²) in [6, 6.07) is 9.84. The molecule has 1 aromatic carbocycles. The van der Waals surface area contributed by atoms with Gasteiger partial charge in [0, 0.05) is 32.7 Å². The van der Waals surface area contributed by atoms with E-state index in [0.717, 1.165) is 51.4 Å². The zero-order chi connectivity index (χ0) is 29.0. The number of benzene rings is 1. The molecule has 216 valence electrons. The molecule has 0 radical (unpaired) electrons. The van der Waals surface area contributed by atoms with E-state index in [0.29, 0.717) is 12.0 Å². The molecule has 0 aliphatic carbocycles. The zero-order valence-electron chi connectivity index (χ0n) is 20.6. The van der Waals surface area contributed by atoms with E-state index in [-0.39, 0.29) is 6.09 Å². The van der Waals surface area contributed by atoms with Crippen molar-refractivity contribution in [2.24, 2.45) is 5.41 Å². The fourth-order valence-corrected chi connectivity index (χ4v) is 3.63. The van der Waals surface area contributed by atoms with Crippen molar-refractivity contribution in [3.8, 4) is 0 Å². The highest BCUT2D eigenvalue weighted by Gasteiger charge is 2.39. The largest absolute Gasteiger partial charge is 0.490 e. The Hall–Kier alpha value is -3.07. The first-order chi connectivity index (χ1) is 17.5. The van der Waals surface area contributed by atoms with Gasteiger partial charge >= 0.3 is 30.4 Å². The quantitative estimate of drug-likeness (QED) is 0.479. The van der Waals surface area contributed by atoms with Crippen molar-refractivity contribution in [1.82, 2.24) is 15.1 Å². The first-order valence-electron chi connectivity index (χ1n) is 11.5. The third kappa shape index (κ3) is 12.9. The number of carbonyl (C=O) groups is 3. The average Bonchev–Trinajstić information content (AvgIpc) is 2.83. The molecule has 9 nitrogen and oxygen atoms in total. The van der Waals surface area contributed by atoms with Crippen LogP contribution in [0.2, 0.25) is 0 Å². The molecule has 1 amide bonds. The van der Waals surface area contributed by atoms with Gasteiger partial charge in [-0.2, -0.15) is 26.3 Å². The van der Waals surface area contributed by atoms with E-state index in [1.54, 1.807) is 0 Å². The predicted molar refractivity (Wildman–Crippen MR) is 122 cm³/mol. The molecule has 0 bridgehead atoms. The van der Waals surface area contributed by atoms with E-state index < -0.39 is 24.3 Å². The lowest BCUT2D eigenvalue weighted by Crippen LogP contribution is -2.52. The highest BCUT2D eigenvalue weighted by molar-refractivity contribution is 5.73. The fourth-order valence-electron chi connectivity index (χ4n) is 3.63. The summed E-state index contributed by atoms with van der Waals surface area (Å²) in [4.78, 5) is 34.3. The summed E-state index contributed by atoms with van der Waals surface area (Å²) >= 11 is 0. The van der Waals surface area contributed by atoms with E-state index in [2.05, 4.69) is 17.1 Å². The van der Waals surface area contributed by atoms with E-state index in [9.17, 15) is 31.1 Å². The first kappa shape index (κ1) is 33.0. The van der Waals surface area contributed by atoms with Crippen LogP contribution in [0.3, 0.4) is 0 Å². The highest BCUT2D eigenvalue weighted by atomic mass is 19.4. The number of carboxylic acid groups (broad SMARTS) is 2. The fraction of sp³-hybridized carbons (Fsp3) is 0.609. The lowest BCUT2D eigenvalue weighted by molar-refractivity contribution is -0.193. The van der Waals surface area contributed by atoms with Crippen LogP contribution in [0, 0.1) is 5.41 Å². The van der Waals surface area contributed by atoms with Crippen LogP contribution in [0.15, 0.2) is 30.3 Å². The molecule has 2 aliphatic heterocycles. The molecule has 0 unspecified atom stereocenters. The number of amides is 1. The van der Waals surface area contributed by atoms with E-state index >= 15 is 0 Å². The molecule has 2 fully saturated rings. The molecule has 38 heavy (non-hydrogen) atoms. The minimum atomic E-state index is -5.08. The van der Waals surface area contributed by atoms with Crippen LogP contribution in [-0.2, 0) is 20.9 Å². The average molecular weight is 560 g/mol. The van der Waals surface area contributed by atoms with Crippen molar-refractivity contribution < 1.29 is 55.7 Å². The number of halogens is 6. The number of rotatable bonds is 4. The van der Waals surface area contributed by atoms with Crippen molar-refractivity contribution in [2.45, 2.75) is 38.7 Å². The number of hydrogen-bond donors (Lipinski definition) is 3. The number of nitrogens with one attached hydrogen (secondary N) is 1. The molecule has 0 spiro atoms. The van der Waals surface area contributed by atoms with Crippen LogP contribution < -0.4 is 5.32 Å². The maximum Gasteiger partial charge on any atom is 0.490 e. The molecular formula is C23H31F6N3O6. The summed E-state index contributed by atoms with van der Waals surface area (Å²) in [5, 5.41) is 17.7. The van der Waals surface area contributed by atoms with Gasteiger partial charge in [-0.15, -0.1) is 0 Å². The number of nitrogens with zero attached hydrogens (tertiary/aromatic N) is 2. The SMILES string of the molecule is CC1(CN2CCN(C(=O)OCc3ccccc3)CC2)CCNCC1.O=C(O)C(F)(F)F.O=C(O)C(F)(F)F. The van der Waals surface area contributed by atoms with Crippen molar-refractivity contribution in [3.63, 3.8) is 0 Å². The van der Waals surface area contributed by atoms with Crippen molar-refractivity contribution in [2.75, 3.05) is 45.8 Å². The predicted octanol–water partition coefficient (Wildman–Crippen LogP) is 3.60. The molecule has 2 heterocycles. The molecule has 2 saturated heterocycles. The Morgan fingerprint density at radius 3 is 1.76 bits per heavy atom. The summed E-state index contributed by atoms with van der Waals surface area (Å²) < 4.78 is 68.9. The number of carbonyl (C=O) groups excluding carboxylic acids is 1. The number of hydrogen-bond acceptors (Lipinski definition) is 6. The Morgan fingerprint density at radius 2 is 1.34 bits per heavy atom. The minimum Gasteiger partial charge on any atom is -0.475 e. The Morgan fingerprint density at radius 1 is 0.895 bits per heavy atom.